The molecular weight excluding hydrogens is 521 g/mol. The Bertz CT molecular complexity index is 1740. The van der Waals surface area contributed by atoms with E-state index in [1.165, 1.54) is 7.11 Å². The van der Waals surface area contributed by atoms with Crippen LogP contribution < -0.4 is 14.2 Å². The van der Waals surface area contributed by atoms with Crippen molar-refractivity contribution in [3.63, 3.8) is 0 Å². The highest BCUT2D eigenvalue weighted by atomic mass is 19.1. The van der Waals surface area contributed by atoms with Crippen LogP contribution in [0.25, 0.3) is 22.4 Å². The summed E-state index contributed by atoms with van der Waals surface area (Å²) in [5.74, 6) is 0.180. The number of fused-ring (bicyclic) bond motifs is 1. The molecule has 0 N–H and O–H groups in total. The molecule has 1 aliphatic rings. The topological polar surface area (TPSA) is 78.5 Å². The maximum absolute atomic E-state index is 16.7. The van der Waals surface area contributed by atoms with E-state index in [0.717, 1.165) is 16.6 Å². The molecule has 41 heavy (non-hydrogen) atoms. The Morgan fingerprint density at radius 1 is 0.927 bits per heavy atom. The van der Waals surface area contributed by atoms with Crippen molar-refractivity contribution >= 4 is 11.0 Å². The van der Waals surface area contributed by atoms with Crippen molar-refractivity contribution < 1.29 is 23.3 Å². The number of ether oxygens (including phenoxy) is 4. The summed E-state index contributed by atoms with van der Waals surface area (Å²) < 4.78 is 42.3. The van der Waals surface area contributed by atoms with Crippen LogP contribution in [0.1, 0.15) is 23.6 Å². The zero-order chi connectivity index (χ0) is 28.4. The van der Waals surface area contributed by atoms with Crippen molar-refractivity contribution in [3.8, 4) is 34.7 Å². The maximum Gasteiger partial charge on any atom is 0.207 e. The van der Waals surface area contributed by atoms with Crippen molar-refractivity contribution in [2.24, 2.45) is 0 Å². The lowest BCUT2D eigenvalue weighted by Gasteiger charge is -2.40. The Balaban J connectivity index is 1.52. The number of nitrogens with zero attached hydrogens (tertiary/aromatic N) is 3. The average molecular weight is 550 g/mol. The molecule has 0 atom stereocenters. The number of imidazole rings is 1. The van der Waals surface area contributed by atoms with Crippen molar-refractivity contribution in [1.29, 1.82) is 5.26 Å². The molecule has 5 aromatic rings. The zero-order valence-corrected chi connectivity index (χ0v) is 22.8. The molecule has 1 fully saturated rings. The van der Waals surface area contributed by atoms with Gasteiger partial charge in [-0.15, -0.1) is 0 Å². The summed E-state index contributed by atoms with van der Waals surface area (Å²) in [6.45, 7) is 3.20. The van der Waals surface area contributed by atoms with Gasteiger partial charge in [0.2, 0.25) is 11.5 Å². The second-order valence-corrected chi connectivity index (χ2v) is 10.2. The van der Waals surface area contributed by atoms with Gasteiger partial charge in [0.15, 0.2) is 11.6 Å². The molecule has 0 spiro atoms. The summed E-state index contributed by atoms with van der Waals surface area (Å²) in [7, 11) is 1.51. The predicted molar refractivity (Wildman–Crippen MR) is 152 cm³/mol. The lowest BCUT2D eigenvalue weighted by molar-refractivity contribution is -0.0868. The van der Waals surface area contributed by atoms with Gasteiger partial charge in [-0.25, -0.2) is 9.37 Å². The maximum atomic E-state index is 16.7. The quantitative estimate of drug-likeness (QED) is 0.206. The molecule has 0 unspecified atom stereocenters. The standard InChI is InChI=1S/C33H28FN3O4/c1-33(20-39-21-33)37-27-15-24(17-35)13-14-26(27)36-32(37)25-16-28(38-2)30(40-18-22-9-5-3-6-10-22)31(29(25)34)41-19-23-11-7-4-8-12-23/h3-16H,18-21H2,1-2H3. The Morgan fingerprint density at radius 2 is 1.56 bits per heavy atom. The summed E-state index contributed by atoms with van der Waals surface area (Å²) >= 11 is 0. The van der Waals surface area contributed by atoms with E-state index in [2.05, 4.69) is 6.07 Å². The first kappa shape index (κ1) is 26.4. The summed E-state index contributed by atoms with van der Waals surface area (Å²) in [5.41, 5.74) is 3.36. The van der Waals surface area contributed by atoms with E-state index in [0.29, 0.717) is 35.9 Å². The Morgan fingerprint density at radius 3 is 2.12 bits per heavy atom. The van der Waals surface area contributed by atoms with E-state index in [-0.39, 0.29) is 30.3 Å². The van der Waals surface area contributed by atoms with Gasteiger partial charge in [0.05, 0.1) is 54.1 Å². The predicted octanol–water partition coefficient (Wildman–Crippen LogP) is 6.63. The number of benzene rings is 4. The Kier molecular flexibility index (Phi) is 7.04. The molecule has 1 saturated heterocycles. The second kappa shape index (κ2) is 11.0. The first-order chi connectivity index (χ1) is 20.0. The van der Waals surface area contributed by atoms with Crippen LogP contribution in [0.5, 0.6) is 17.2 Å². The molecule has 4 aromatic carbocycles. The molecule has 1 aromatic heterocycles. The minimum absolute atomic E-state index is 0.0644. The van der Waals surface area contributed by atoms with Gasteiger partial charge < -0.3 is 23.5 Å². The van der Waals surface area contributed by atoms with Crippen LogP contribution in [-0.4, -0.2) is 29.9 Å². The van der Waals surface area contributed by atoms with Gasteiger partial charge in [0.1, 0.15) is 19.0 Å². The number of nitriles is 1. The lowest BCUT2D eigenvalue weighted by Crippen LogP contribution is -2.49. The van der Waals surface area contributed by atoms with Crippen LogP contribution in [0.15, 0.2) is 84.9 Å². The number of halogens is 1. The van der Waals surface area contributed by atoms with Crippen molar-refractivity contribution in [2.45, 2.75) is 25.7 Å². The molecule has 0 saturated carbocycles. The van der Waals surface area contributed by atoms with Crippen LogP contribution in [-0.2, 0) is 23.5 Å². The molecule has 1 aliphatic heterocycles. The van der Waals surface area contributed by atoms with Gasteiger partial charge in [0.25, 0.3) is 0 Å². The molecule has 6 rings (SSSR count). The van der Waals surface area contributed by atoms with Crippen LogP contribution >= 0.6 is 0 Å². The van der Waals surface area contributed by atoms with Crippen molar-refractivity contribution in [1.82, 2.24) is 9.55 Å². The largest absolute Gasteiger partial charge is 0.493 e. The van der Waals surface area contributed by atoms with Crippen LogP contribution in [0.2, 0.25) is 0 Å². The van der Waals surface area contributed by atoms with E-state index in [1.54, 1.807) is 24.3 Å². The van der Waals surface area contributed by atoms with E-state index in [9.17, 15) is 5.26 Å². The highest BCUT2D eigenvalue weighted by molar-refractivity contribution is 5.83. The minimum atomic E-state index is -0.620. The number of hydrogen-bond acceptors (Lipinski definition) is 6. The third-order valence-corrected chi connectivity index (χ3v) is 7.20. The highest BCUT2D eigenvalue weighted by Crippen LogP contribution is 2.47. The Hall–Kier alpha value is -4.87. The normalized spacial score (nSPS) is 13.8. The van der Waals surface area contributed by atoms with E-state index in [1.807, 2.05) is 72.2 Å². The third-order valence-electron chi connectivity index (χ3n) is 7.20. The summed E-state index contributed by atoms with van der Waals surface area (Å²) in [4.78, 5) is 4.83. The fourth-order valence-corrected chi connectivity index (χ4v) is 5.03. The fraction of sp³-hybridized carbons (Fsp3) is 0.212. The van der Waals surface area contributed by atoms with Gasteiger partial charge in [-0.05, 0) is 42.3 Å². The first-order valence-electron chi connectivity index (χ1n) is 13.3. The fourth-order valence-electron chi connectivity index (χ4n) is 5.03. The number of hydrogen-bond donors (Lipinski definition) is 0. The van der Waals surface area contributed by atoms with E-state index < -0.39 is 11.4 Å². The van der Waals surface area contributed by atoms with Gasteiger partial charge >= 0.3 is 0 Å². The molecule has 2 heterocycles. The molecule has 8 heteroatoms. The molecule has 0 amide bonds. The monoisotopic (exact) mass is 549 g/mol. The first-order valence-corrected chi connectivity index (χ1v) is 13.3. The van der Waals surface area contributed by atoms with Gasteiger partial charge in [-0.2, -0.15) is 5.26 Å². The van der Waals surface area contributed by atoms with E-state index in [4.69, 9.17) is 23.9 Å². The molecule has 0 bridgehead atoms. The smallest absolute Gasteiger partial charge is 0.207 e. The summed E-state index contributed by atoms with van der Waals surface area (Å²) in [5, 5.41) is 9.54. The molecule has 0 aliphatic carbocycles. The van der Waals surface area contributed by atoms with E-state index >= 15 is 4.39 Å². The molecular formula is C33H28FN3O4. The summed E-state index contributed by atoms with van der Waals surface area (Å²) in [6, 6.07) is 28.2. The zero-order valence-electron chi connectivity index (χ0n) is 22.8. The van der Waals surface area contributed by atoms with Gasteiger partial charge in [0, 0.05) is 0 Å². The SMILES string of the molecule is COc1cc(-c2nc3ccc(C#N)cc3n2C2(C)COC2)c(F)c(OCc2ccccc2)c1OCc1ccccc1. The molecule has 0 radical (unpaired) electrons. The number of aromatic nitrogens is 2. The molecule has 206 valence electrons. The van der Waals surface area contributed by atoms with Crippen molar-refractivity contribution in [3.05, 3.63) is 107 Å². The van der Waals surface area contributed by atoms with Crippen LogP contribution in [0.4, 0.5) is 4.39 Å². The molecule has 7 nitrogen and oxygen atoms in total. The third kappa shape index (κ3) is 4.96. The Labute approximate surface area is 237 Å². The number of methoxy groups -OCH3 is 1. The van der Waals surface area contributed by atoms with Crippen molar-refractivity contribution in [2.75, 3.05) is 20.3 Å². The average Bonchev–Trinajstić information content (AvgIpc) is 3.38. The highest BCUT2D eigenvalue weighted by Gasteiger charge is 2.40. The van der Waals surface area contributed by atoms with Crippen LogP contribution in [0, 0.1) is 17.1 Å². The minimum Gasteiger partial charge on any atom is -0.493 e. The summed E-state index contributed by atoms with van der Waals surface area (Å²) in [6.07, 6.45) is 0. The van der Waals surface area contributed by atoms with Gasteiger partial charge in [-0.3, -0.25) is 0 Å². The lowest BCUT2D eigenvalue weighted by atomic mass is 9.98. The van der Waals surface area contributed by atoms with Gasteiger partial charge in [-0.1, -0.05) is 60.7 Å². The second-order valence-electron chi connectivity index (χ2n) is 10.2. The van der Waals surface area contributed by atoms with Crippen LogP contribution in [0.3, 0.4) is 0 Å². The number of rotatable bonds is 9.